The van der Waals surface area contributed by atoms with Crippen LogP contribution in [0.3, 0.4) is 0 Å². The van der Waals surface area contributed by atoms with Crippen LogP contribution in [0.1, 0.15) is 34.0 Å². The Labute approximate surface area is 111 Å². The highest BCUT2D eigenvalue weighted by Gasteiger charge is 2.31. The molecule has 1 aliphatic rings. The summed E-state index contributed by atoms with van der Waals surface area (Å²) in [6.07, 6.45) is 6.66. The van der Waals surface area contributed by atoms with Crippen molar-refractivity contribution in [3.8, 4) is 5.75 Å². The monoisotopic (exact) mass is 254 g/mol. The third kappa shape index (κ3) is 1.99. The Morgan fingerprint density at radius 1 is 1.37 bits per heavy atom. The van der Waals surface area contributed by atoms with Gasteiger partial charge in [0, 0.05) is 12.4 Å². The van der Waals surface area contributed by atoms with Gasteiger partial charge in [0.15, 0.2) is 5.78 Å². The Balaban J connectivity index is 1.98. The second kappa shape index (κ2) is 4.80. The van der Waals surface area contributed by atoms with E-state index in [1.54, 1.807) is 31.8 Å². The maximum absolute atomic E-state index is 12.6. The van der Waals surface area contributed by atoms with Crippen LogP contribution in [-0.2, 0) is 6.42 Å². The van der Waals surface area contributed by atoms with Crippen molar-refractivity contribution in [2.45, 2.75) is 18.8 Å². The van der Waals surface area contributed by atoms with Crippen LogP contribution in [0.4, 0.5) is 0 Å². The highest BCUT2D eigenvalue weighted by molar-refractivity contribution is 6.03. The number of hydrogen-bond acceptors (Lipinski definition) is 4. The number of rotatable bonds is 3. The molecule has 1 unspecified atom stereocenters. The number of carbonyl (C=O) groups excluding carboxylic acids is 1. The van der Waals surface area contributed by atoms with E-state index >= 15 is 0 Å². The molecule has 0 fully saturated rings. The van der Waals surface area contributed by atoms with Gasteiger partial charge in [0.1, 0.15) is 5.75 Å². The molecule has 96 valence electrons. The van der Waals surface area contributed by atoms with Crippen molar-refractivity contribution in [1.82, 2.24) is 9.97 Å². The Kier molecular flexibility index (Phi) is 2.99. The van der Waals surface area contributed by atoms with E-state index < -0.39 is 0 Å². The average molecular weight is 254 g/mol. The molecule has 2 aromatic heterocycles. The predicted molar refractivity (Wildman–Crippen MR) is 70.4 cm³/mol. The van der Waals surface area contributed by atoms with Crippen molar-refractivity contribution in [3.05, 3.63) is 53.6 Å². The molecular weight excluding hydrogens is 240 g/mol. The van der Waals surface area contributed by atoms with E-state index in [0.717, 1.165) is 18.5 Å². The first-order valence-corrected chi connectivity index (χ1v) is 6.27. The summed E-state index contributed by atoms with van der Waals surface area (Å²) in [5.41, 5.74) is 2.67. The Bertz CT molecular complexity index is 625. The van der Waals surface area contributed by atoms with Crippen molar-refractivity contribution in [2.24, 2.45) is 0 Å². The van der Waals surface area contributed by atoms with Crippen LogP contribution in [-0.4, -0.2) is 22.9 Å². The van der Waals surface area contributed by atoms with E-state index in [-0.39, 0.29) is 11.7 Å². The quantitative estimate of drug-likeness (QED) is 0.789. The highest BCUT2D eigenvalue weighted by Crippen LogP contribution is 2.35. The first kappa shape index (κ1) is 11.8. The van der Waals surface area contributed by atoms with Gasteiger partial charge >= 0.3 is 0 Å². The molecule has 0 saturated heterocycles. The summed E-state index contributed by atoms with van der Waals surface area (Å²) in [4.78, 5) is 21.0. The number of fused-ring (bicyclic) bond motifs is 1. The SMILES string of the molecule is COc1cnccc1C(=O)C1CCc2cccnc21. The van der Waals surface area contributed by atoms with Crippen molar-refractivity contribution >= 4 is 5.78 Å². The molecule has 2 aromatic rings. The van der Waals surface area contributed by atoms with Gasteiger partial charge in [-0.15, -0.1) is 0 Å². The highest BCUT2D eigenvalue weighted by atomic mass is 16.5. The van der Waals surface area contributed by atoms with E-state index in [4.69, 9.17) is 4.74 Å². The van der Waals surface area contributed by atoms with E-state index in [2.05, 4.69) is 9.97 Å². The van der Waals surface area contributed by atoms with Crippen molar-refractivity contribution < 1.29 is 9.53 Å². The van der Waals surface area contributed by atoms with Gasteiger partial charge in [0.05, 0.1) is 30.5 Å². The number of aryl methyl sites for hydroxylation is 1. The first-order chi connectivity index (χ1) is 9.31. The summed E-state index contributed by atoms with van der Waals surface area (Å²) >= 11 is 0. The zero-order chi connectivity index (χ0) is 13.2. The van der Waals surface area contributed by atoms with Gasteiger partial charge in [0.25, 0.3) is 0 Å². The number of nitrogens with zero attached hydrogens (tertiary/aromatic N) is 2. The van der Waals surface area contributed by atoms with Crippen LogP contribution >= 0.6 is 0 Å². The van der Waals surface area contributed by atoms with E-state index in [1.165, 1.54) is 5.56 Å². The molecule has 2 heterocycles. The van der Waals surface area contributed by atoms with E-state index in [1.807, 2.05) is 12.1 Å². The molecule has 0 aromatic carbocycles. The molecule has 19 heavy (non-hydrogen) atoms. The molecular formula is C15H14N2O2. The van der Waals surface area contributed by atoms with Crippen LogP contribution < -0.4 is 4.74 Å². The lowest BCUT2D eigenvalue weighted by molar-refractivity contribution is 0.0955. The van der Waals surface area contributed by atoms with E-state index in [9.17, 15) is 4.79 Å². The molecule has 0 radical (unpaired) electrons. The zero-order valence-electron chi connectivity index (χ0n) is 10.7. The standard InChI is InChI=1S/C15H14N2O2/c1-19-13-9-16-8-6-11(13)15(18)12-5-4-10-3-2-7-17-14(10)12/h2-3,6-9,12H,4-5H2,1H3. The molecule has 0 bridgehead atoms. The largest absolute Gasteiger partial charge is 0.494 e. The average Bonchev–Trinajstić information content (AvgIpc) is 2.90. The summed E-state index contributed by atoms with van der Waals surface area (Å²) < 4.78 is 5.21. The smallest absolute Gasteiger partial charge is 0.175 e. The minimum absolute atomic E-state index is 0.0664. The zero-order valence-corrected chi connectivity index (χ0v) is 10.7. The molecule has 1 aliphatic carbocycles. The minimum atomic E-state index is -0.160. The first-order valence-electron chi connectivity index (χ1n) is 6.27. The molecule has 4 nitrogen and oxygen atoms in total. The van der Waals surface area contributed by atoms with Gasteiger partial charge in [-0.2, -0.15) is 0 Å². The number of pyridine rings is 2. The number of aromatic nitrogens is 2. The molecule has 0 amide bonds. The molecule has 0 aliphatic heterocycles. The Hall–Kier alpha value is -2.23. The van der Waals surface area contributed by atoms with Crippen LogP contribution in [0.2, 0.25) is 0 Å². The van der Waals surface area contributed by atoms with Crippen molar-refractivity contribution in [1.29, 1.82) is 0 Å². The fraction of sp³-hybridized carbons (Fsp3) is 0.267. The normalized spacial score (nSPS) is 17.0. The summed E-state index contributed by atoms with van der Waals surface area (Å²) in [5.74, 6) is 0.432. The lowest BCUT2D eigenvalue weighted by Gasteiger charge is -2.12. The lowest BCUT2D eigenvalue weighted by atomic mass is 9.95. The molecule has 0 saturated carbocycles. The summed E-state index contributed by atoms with van der Waals surface area (Å²) in [6, 6.07) is 5.67. The Morgan fingerprint density at radius 2 is 2.26 bits per heavy atom. The number of ether oxygens (including phenoxy) is 1. The fourth-order valence-electron chi connectivity index (χ4n) is 2.60. The van der Waals surface area contributed by atoms with Gasteiger partial charge in [-0.25, -0.2) is 0 Å². The van der Waals surface area contributed by atoms with Crippen LogP contribution in [0.25, 0.3) is 0 Å². The molecule has 0 spiro atoms. The maximum Gasteiger partial charge on any atom is 0.175 e. The van der Waals surface area contributed by atoms with Crippen molar-refractivity contribution in [2.75, 3.05) is 7.11 Å². The maximum atomic E-state index is 12.6. The number of methoxy groups -OCH3 is 1. The third-order valence-corrected chi connectivity index (χ3v) is 3.54. The van der Waals surface area contributed by atoms with Crippen LogP contribution in [0.5, 0.6) is 5.75 Å². The predicted octanol–water partition coefficient (Wildman–Crippen LogP) is 2.40. The second-order valence-electron chi connectivity index (χ2n) is 4.58. The summed E-state index contributed by atoms with van der Waals surface area (Å²) in [6.45, 7) is 0. The van der Waals surface area contributed by atoms with Crippen LogP contribution in [0.15, 0.2) is 36.8 Å². The topological polar surface area (TPSA) is 52.1 Å². The van der Waals surface area contributed by atoms with Gasteiger partial charge in [-0.3, -0.25) is 14.8 Å². The van der Waals surface area contributed by atoms with Crippen LogP contribution in [0, 0.1) is 0 Å². The van der Waals surface area contributed by atoms with E-state index in [0.29, 0.717) is 11.3 Å². The summed E-state index contributed by atoms with van der Waals surface area (Å²) in [5, 5.41) is 0. The number of ketones is 1. The van der Waals surface area contributed by atoms with Crippen molar-refractivity contribution in [3.63, 3.8) is 0 Å². The Morgan fingerprint density at radius 3 is 3.11 bits per heavy atom. The fourth-order valence-corrected chi connectivity index (χ4v) is 2.60. The summed E-state index contributed by atoms with van der Waals surface area (Å²) in [7, 11) is 1.55. The van der Waals surface area contributed by atoms with Gasteiger partial charge in [-0.1, -0.05) is 6.07 Å². The van der Waals surface area contributed by atoms with Gasteiger partial charge < -0.3 is 4.74 Å². The number of Topliss-reactive ketones (excluding diaryl/α,β-unsaturated/α-hetero) is 1. The molecule has 3 rings (SSSR count). The number of carbonyl (C=O) groups is 1. The third-order valence-electron chi connectivity index (χ3n) is 3.54. The number of hydrogen-bond donors (Lipinski definition) is 0. The van der Waals surface area contributed by atoms with Gasteiger partial charge in [-0.05, 0) is 30.5 Å². The molecule has 0 N–H and O–H groups in total. The minimum Gasteiger partial charge on any atom is -0.494 e. The second-order valence-corrected chi connectivity index (χ2v) is 4.58. The molecule has 4 heteroatoms. The molecule has 1 atom stereocenters. The van der Waals surface area contributed by atoms with Gasteiger partial charge in [0.2, 0.25) is 0 Å². The lowest BCUT2D eigenvalue weighted by Crippen LogP contribution is -2.12.